The molecule has 0 spiro atoms. The number of rotatable bonds is 4. The second-order valence-corrected chi connectivity index (χ2v) is 10.6. The first kappa shape index (κ1) is 22.3. The minimum Gasteiger partial charge on any atom is -0.338 e. The van der Waals surface area contributed by atoms with Gasteiger partial charge in [0.15, 0.2) is 0 Å². The van der Waals surface area contributed by atoms with Gasteiger partial charge in [0.25, 0.3) is 5.91 Å². The van der Waals surface area contributed by atoms with Crippen molar-refractivity contribution < 1.29 is 14.0 Å². The fraction of sp³-hybridized carbons (Fsp3) is 0.360. The van der Waals surface area contributed by atoms with Crippen LogP contribution in [0.1, 0.15) is 38.6 Å². The Morgan fingerprint density at radius 3 is 2.70 bits per heavy atom. The predicted octanol–water partition coefficient (Wildman–Crippen LogP) is 4.27. The largest absolute Gasteiger partial charge is 0.338 e. The highest BCUT2D eigenvalue weighted by molar-refractivity contribution is 7.12. The van der Waals surface area contributed by atoms with Gasteiger partial charge in [0.2, 0.25) is 5.91 Å². The van der Waals surface area contributed by atoms with Crippen molar-refractivity contribution in [2.24, 2.45) is 0 Å². The molecule has 5 nitrogen and oxygen atoms in total. The summed E-state index contributed by atoms with van der Waals surface area (Å²) < 4.78 is 14.0. The number of carbonyl (C=O) groups excluding carboxylic acids is 2. The van der Waals surface area contributed by atoms with Gasteiger partial charge < -0.3 is 9.80 Å². The molecule has 3 aromatic rings. The molecule has 0 saturated carbocycles. The van der Waals surface area contributed by atoms with Crippen LogP contribution in [0.4, 0.5) is 4.39 Å². The lowest BCUT2D eigenvalue weighted by Gasteiger charge is -2.41. The number of carbonyl (C=O) groups is 2. The van der Waals surface area contributed by atoms with Crippen molar-refractivity contribution in [3.8, 4) is 0 Å². The lowest BCUT2D eigenvalue weighted by atomic mass is 9.93. The number of halogens is 1. The average molecular weight is 484 g/mol. The van der Waals surface area contributed by atoms with E-state index in [1.165, 1.54) is 27.8 Å². The molecule has 2 aromatic heterocycles. The highest BCUT2D eigenvalue weighted by Crippen LogP contribution is 2.37. The normalized spacial score (nSPS) is 21.2. The van der Waals surface area contributed by atoms with Crippen molar-refractivity contribution in [3.63, 3.8) is 0 Å². The second kappa shape index (κ2) is 9.37. The van der Waals surface area contributed by atoms with Gasteiger partial charge in [-0.05, 0) is 59.5 Å². The summed E-state index contributed by atoms with van der Waals surface area (Å²) in [5.74, 6) is -0.163. The molecular weight excluding hydrogens is 457 g/mol. The first-order chi connectivity index (χ1) is 16.0. The third kappa shape index (κ3) is 4.47. The lowest BCUT2D eigenvalue weighted by Crippen LogP contribution is -2.57. The van der Waals surface area contributed by atoms with E-state index >= 15 is 0 Å². The minimum absolute atomic E-state index is 0.0387. The minimum atomic E-state index is -0.263. The van der Waals surface area contributed by atoms with E-state index in [4.69, 9.17) is 0 Å². The van der Waals surface area contributed by atoms with Gasteiger partial charge in [-0.3, -0.25) is 14.5 Å². The Labute approximate surface area is 201 Å². The predicted molar refractivity (Wildman–Crippen MR) is 129 cm³/mol. The molecule has 5 rings (SSSR count). The van der Waals surface area contributed by atoms with E-state index < -0.39 is 0 Å². The van der Waals surface area contributed by atoms with Crippen LogP contribution in [-0.2, 0) is 11.2 Å². The first-order valence-electron chi connectivity index (χ1n) is 11.2. The molecule has 1 saturated heterocycles. The topological polar surface area (TPSA) is 43.9 Å². The van der Waals surface area contributed by atoms with Crippen LogP contribution in [-0.4, -0.2) is 65.3 Å². The van der Waals surface area contributed by atoms with Crippen molar-refractivity contribution in [2.45, 2.75) is 25.4 Å². The highest BCUT2D eigenvalue weighted by Gasteiger charge is 2.35. The van der Waals surface area contributed by atoms with Gasteiger partial charge in [0.1, 0.15) is 5.82 Å². The lowest BCUT2D eigenvalue weighted by molar-refractivity contribution is -0.135. The van der Waals surface area contributed by atoms with Crippen LogP contribution >= 0.6 is 22.7 Å². The number of hydrogen-bond acceptors (Lipinski definition) is 5. The van der Waals surface area contributed by atoms with Gasteiger partial charge in [-0.15, -0.1) is 22.7 Å². The Morgan fingerprint density at radius 1 is 1.06 bits per heavy atom. The summed E-state index contributed by atoms with van der Waals surface area (Å²) in [5, 5.41) is 3.98. The maximum absolute atomic E-state index is 14.0. The molecule has 0 bridgehead atoms. The van der Waals surface area contributed by atoms with Gasteiger partial charge in [-0.1, -0.05) is 18.2 Å². The van der Waals surface area contributed by atoms with Crippen molar-refractivity contribution in [2.75, 3.05) is 32.7 Å². The van der Waals surface area contributed by atoms with Crippen molar-refractivity contribution >= 4 is 34.5 Å². The van der Waals surface area contributed by atoms with Gasteiger partial charge in [-0.2, -0.15) is 0 Å². The molecule has 0 radical (unpaired) electrons. The van der Waals surface area contributed by atoms with Crippen LogP contribution in [0.25, 0.3) is 0 Å². The maximum atomic E-state index is 14.0. The molecular formula is C25H26FN3O2S2. The molecule has 0 aliphatic carbocycles. The van der Waals surface area contributed by atoms with E-state index in [2.05, 4.69) is 16.3 Å². The Hall–Kier alpha value is -2.55. The maximum Gasteiger partial charge on any atom is 0.264 e. The first-order valence-corrected chi connectivity index (χ1v) is 12.9. The van der Waals surface area contributed by atoms with Gasteiger partial charge in [-0.25, -0.2) is 4.39 Å². The van der Waals surface area contributed by atoms with Crippen molar-refractivity contribution in [3.05, 3.63) is 79.9 Å². The second-order valence-electron chi connectivity index (χ2n) is 8.64. The van der Waals surface area contributed by atoms with E-state index in [1.54, 1.807) is 23.5 Å². The molecule has 2 amide bonds. The van der Waals surface area contributed by atoms with Crippen LogP contribution < -0.4 is 0 Å². The van der Waals surface area contributed by atoms with E-state index in [0.29, 0.717) is 19.6 Å². The van der Waals surface area contributed by atoms with Crippen LogP contribution in [0.3, 0.4) is 0 Å². The summed E-state index contributed by atoms with van der Waals surface area (Å²) in [5.41, 5.74) is 2.05. The number of thiophene rings is 2. The Morgan fingerprint density at radius 2 is 1.94 bits per heavy atom. The van der Waals surface area contributed by atoms with E-state index in [9.17, 15) is 14.0 Å². The number of piperazine rings is 1. The molecule has 0 N–H and O–H groups in total. The standard InChI is InChI=1S/C25H26FN3O2S2/c1-17-15-27(10-11-29(17)25(31)22-6-3-12-32-22)23(30)16-28-9-7-21-20(8-13-33-21)24(28)18-4-2-5-19(26)14-18/h2-6,8,12-14,17,24H,7,9-11,15-16H2,1H3/t17-,24+/m1/s1. The summed E-state index contributed by atoms with van der Waals surface area (Å²) in [6.07, 6.45) is 0.894. The van der Waals surface area contributed by atoms with E-state index in [0.717, 1.165) is 23.4 Å². The quantitative estimate of drug-likeness (QED) is 0.557. The molecule has 33 heavy (non-hydrogen) atoms. The number of nitrogens with zero attached hydrogens (tertiary/aromatic N) is 3. The Kier molecular flexibility index (Phi) is 6.32. The summed E-state index contributed by atoms with van der Waals surface area (Å²) in [6.45, 7) is 4.63. The zero-order valence-electron chi connectivity index (χ0n) is 18.4. The molecule has 4 heterocycles. The monoisotopic (exact) mass is 483 g/mol. The van der Waals surface area contributed by atoms with Gasteiger partial charge in [0, 0.05) is 37.1 Å². The molecule has 1 fully saturated rings. The van der Waals surface area contributed by atoms with Crippen molar-refractivity contribution in [1.29, 1.82) is 0 Å². The molecule has 8 heteroatoms. The molecule has 0 unspecified atom stereocenters. The number of benzene rings is 1. The zero-order valence-corrected chi connectivity index (χ0v) is 20.1. The van der Waals surface area contributed by atoms with Crippen LogP contribution in [0, 0.1) is 5.82 Å². The smallest absolute Gasteiger partial charge is 0.264 e. The number of fused-ring (bicyclic) bond motifs is 1. The number of amides is 2. The fourth-order valence-electron chi connectivity index (χ4n) is 4.91. The third-order valence-corrected chi connectivity index (χ3v) is 8.40. The molecule has 2 aliphatic rings. The molecule has 1 aromatic carbocycles. The summed E-state index contributed by atoms with van der Waals surface area (Å²) in [4.78, 5) is 34.0. The number of hydrogen-bond donors (Lipinski definition) is 0. The molecule has 172 valence electrons. The van der Waals surface area contributed by atoms with E-state index in [1.807, 2.05) is 40.3 Å². The highest BCUT2D eigenvalue weighted by atomic mass is 32.1. The summed E-state index contributed by atoms with van der Waals surface area (Å²) in [6, 6.07) is 12.4. The molecule has 2 atom stereocenters. The Balaban J connectivity index is 1.29. The summed E-state index contributed by atoms with van der Waals surface area (Å²) in [7, 11) is 0. The SMILES string of the molecule is C[C@@H]1CN(C(=O)CN2CCc3sccc3[C@@H]2c2cccc(F)c2)CCN1C(=O)c1cccs1. The summed E-state index contributed by atoms with van der Waals surface area (Å²) >= 11 is 3.17. The fourth-order valence-corrected chi connectivity index (χ4v) is 6.49. The van der Waals surface area contributed by atoms with Crippen LogP contribution in [0.2, 0.25) is 0 Å². The third-order valence-electron chi connectivity index (χ3n) is 6.54. The van der Waals surface area contributed by atoms with Crippen LogP contribution in [0.5, 0.6) is 0 Å². The van der Waals surface area contributed by atoms with E-state index in [-0.39, 0.29) is 36.3 Å². The Bertz CT molecular complexity index is 1150. The zero-order chi connectivity index (χ0) is 22.9. The molecule has 2 aliphatic heterocycles. The average Bonchev–Trinajstić information content (AvgIpc) is 3.50. The van der Waals surface area contributed by atoms with Gasteiger partial charge >= 0.3 is 0 Å². The van der Waals surface area contributed by atoms with Gasteiger partial charge in [0.05, 0.1) is 17.5 Å². The van der Waals surface area contributed by atoms with Crippen molar-refractivity contribution in [1.82, 2.24) is 14.7 Å². The van der Waals surface area contributed by atoms with Crippen LogP contribution in [0.15, 0.2) is 53.2 Å².